The smallest absolute Gasteiger partial charge is 0.253 e. The summed E-state index contributed by atoms with van der Waals surface area (Å²) in [6.45, 7) is 12.5. The van der Waals surface area contributed by atoms with Gasteiger partial charge in [0.2, 0.25) is 5.69 Å². The van der Waals surface area contributed by atoms with E-state index in [0.717, 1.165) is 80.0 Å². The largest absolute Gasteiger partial charge is 0.384 e. The van der Waals surface area contributed by atoms with Crippen LogP contribution in [0.3, 0.4) is 0 Å². The Labute approximate surface area is 185 Å². The minimum absolute atomic E-state index is 0.0205. The van der Waals surface area contributed by atoms with Crippen LogP contribution in [0.15, 0.2) is 35.3 Å². The van der Waals surface area contributed by atoms with Gasteiger partial charge in [-0.3, -0.25) is 14.7 Å². The molecule has 5 rings (SSSR count). The minimum atomic E-state index is 0.0205. The van der Waals surface area contributed by atoms with Crippen LogP contribution >= 0.6 is 11.6 Å². The molecule has 2 aliphatic heterocycles. The topological polar surface area (TPSA) is 68.6 Å². The third kappa shape index (κ3) is 3.85. The first-order valence-electron chi connectivity index (χ1n) is 10.5. The fraction of sp³-hybridized carbons (Fsp3) is 0.348. The molecule has 0 spiro atoms. The summed E-state index contributed by atoms with van der Waals surface area (Å²) in [5.74, 6) is 0. The normalized spacial score (nSPS) is 16.6. The Balaban J connectivity index is 1.31. The molecule has 2 aromatic heterocycles. The molecule has 0 bridgehead atoms. The molecule has 8 heteroatoms. The molecule has 1 aromatic carbocycles. The molecule has 2 aliphatic rings. The van der Waals surface area contributed by atoms with Gasteiger partial charge in [0.15, 0.2) is 0 Å². The van der Waals surface area contributed by atoms with E-state index in [1.807, 2.05) is 0 Å². The van der Waals surface area contributed by atoms with E-state index in [4.69, 9.17) is 18.2 Å². The Morgan fingerprint density at radius 2 is 2.03 bits per heavy atom. The maximum atomic E-state index is 12.5. The number of nitrogens with zero attached hydrogens (tertiary/aromatic N) is 4. The maximum Gasteiger partial charge on any atom is 0.253 e. The lowest BCUT2D eigenvalue weighted by Gasteiger charge is -2.36. The van der Waals surface area contributed by atoms with E-state index in [9.17, 15) is 4.79 Å². The fourth-order valence-electron chi connectivity index (χ4n) is 4.56. The number of halogens is 1. The van der Waals surface area contributed by atoms with Crippen LogP contribution in [0.1, 0.15) is 17.5 Å². The molecule has 1 saturated heterocycles. The molecule has 0 unspecified atom stereocenters. The zero-order valence-corrected chi connectivity index (χ0v) is 17.9. The van der Waals surface area contributed by atoms with Gasteiger partial charge in [-0.2, -0.15) is 0 Å². The number of nitrogens with one attached hydrogen (secondary N) is 2. The van der Waals surface area contributed by atoms with Crippen LogP contribution in [0.25, 0.3) is 15.7 Å². The second-order valence-electron chi connectivity index (χ2n) is 8.09. The van der Waals surface area contributed by atoms with Gasteiger partial charge in [-0.25, -0.2) is 4.85 Å². The first kappa shape index (κ1) is 19.9. The maximum absolute atomic E-state index is 12.5. The van der Waals surface area contributed by atoms with E-state index in [2.05, 4.69) is 48.1 Å². The highest BCUT2D eigenvalue weighted by Crippen LogP contribution is 2.31. The Hall–Kier alpha value is -3.08. The average molecular weight is 435 g/mol. The summed E-state index contributed by atoms with van der Waals surface area (Å²) in [6, 6.07) is 8.15. The predicted molar refractivity (Wildman–Crippen MR) is 124 cm³/mol. The number of hydrogen-bond acceptors (Lipinski definition) is 5. The molecule has 0 saturated carbocycles. The van der Waals surface area contributed by atoms with Crippen molar-refractivity contribution >= 4 is 39.6 Å². The Bertz CT molecular complexity index is 1240. The van der Waals surface area contributed by atoms with Crippen LogP contribution < -0.4 is 15.8 Å². The van der Waals surface area contributed by atoms with E-state index in [-0.39, 0.29) is 5.56 Å². The Morgan fingerprint density at radius 3 is 2.84 bits per heavy atom. The third-order valence-electron chi connectivity index (χ3n) is 6.15. The summed E-state index contributed by atoms with van der Waals surface area (Å²) in [6.07, 6.45) is 3.37. The quantitative estimate of drug-likeness (QED) is 0.484. The molecule has 31 heavy (non-hydrogen) atoms. The number of anilines is 2. The molecule has 0 aliphatic carbocycles. The second kappa shape index (κ2) is 8.22. The van der Waals surface area contributed by atoms with Crippen LogP contribution in [0.5, 0.6) is 0 Å². The van der Waals surface area contributed by atoms with Crippen molar-refractivity contribution in [1.29, 1.82) is 0 Å². The zero-order valence-electron chi connectivity index (χ0n) is 17.1. The van der Waals surface area contributed by atoms with E-state index in [1.165, 1.54) is 5.56 Å². The highest BCUT2D eigenvalue weighted by molar-refractivity contribution is 6.29. The molecule has 0 amide bonds. The van der Waals surface area contributed by atoms with Gasteiger partial charge in [-0.05, 0) is 30.5 Å². The van der Waals surface area contributed by atoms with Gasteiger partial charge >= 0.3 is 0 Å². The standard InChI is InChI=1S/C23H23ClN6O/c1-25-19-13-27-21(24)12-20(19)30-9-7-29(8-10-30)14-15-4-5-16-18(11-15)28-23(31)17-3-2-6-26-22(16)17/h4-5,11-13,26H,2-3,6-10,14H2,(H,28,31). The van der Waals surface area contributed by atoms with Crippen molar-refractivity contribution in [3.05, 3.63) is 68.5 Å². The Morgan fingerprint density at radius 1 is 1.19 bits per heavy atom. The number of H-pyrrole nitrogens is 1. The third-order valence-corrected chi connectivity index (χ3v) is 6.36. The van der Waals surface area contributed by atoms with Crippen LogP contribution in [0.2, 0.25) is 5.15 Å². The first-order valence-corrected chi connectivity index (χ1v) is 10.9. The number of aromatic nitrogens is 2. The molecule has 158 valence electrons. The van der Waals surface area contributed by atoms with Crippen LogP contribution in [0.4, 0.5) is 17.1 Å². The van der Waals surface area contributed by atoms with E-state index >= 15 is 0 Å². The van der Waals surface area contributed by atoms with Crippen molar-refractivity contribution in [3.63, 3.8) is 0 Å². The molecule has 0 atom stereocenters. The molecule has 3 aromatic rings. The van der Waals surface area contributed by atoms with Crippen LogP contribution in [-0.2, 0) is 13.0 Å². The number of aromatic amines is 1. The summed E-state index contributed by atoms with van der Waals surface area (Å²) in [4.78, 5) is 27.7. The molecular weight excluding hydrogens is 412 g/mol. The van der Waals surface area contributed by atoms with Gasteiger partial charge < -0.3 is 15.2 Å². The average Bonchev–Trinajstić information content (AvgIpc) is 2.80. The summed E-state index contributed by atoms with van der Waals surface area (Å²) in [5, 5.41) is 4.91. The minimum Gasteiger partial charge on any atom is -0.384 e. The van der Waals surface area contributed by atoms with Crippen molar-refractivity contribution < 1.29 is 0 Å². The zero-order chi connectivity index (χ0) is 21.4. The molecule has 7 nitrogen and oxygen atoms in total. The summed E-state index contributed by atoms with van der Waals surface area (Å²) >= 11 is 6.05. The molecule has 0 radical (unpaired) electrons. The number of pyridine rings is 2. The fourth-order valence-corrected chi connectivity index (χ4v) is 4.71. The second-order valence-corrected chi connectivity index (χ2v) is 8.48. The lowest BCUT2D eigenvalue weighted by molar-refractivity contribution is 0.250. The number of hydrogen-bond donors (Lipinski definition) is 2. The number of rotatable bonds is 3. The van der Waals surface area contributed by atoms with E-state index in [0.29, 0.717) is 10.8 Å². The van der Waals surface area contributed by atoms with E-state index < -0.39 is 0 Å². The molecule has 1 fully saturated rings. The number of fused-ring (bicyclic) bond motifs is 3. The van der Waals surface area contributed by atoms with E-state index in [1.54, 1.807) is 12.3 Å². The lowest BCUT2D eigenvalue weighted by atomic mass is 10.0. The summed E-state index contributed by atoms with van der Waals surface area (Å²) in [7, 11) is 0. The van der Waals surface area contributed by atoms with Crippen molar-refractivity contribution in [2.24, 2.45) is 0 Å². The van der Waals surface area contributed by atoms with Crippen molar-refractivity contribution in [2.75, 3.05) is 42.9 Å². The monoisotopic (exact) mass is 434 g/mol. The van der Waals surface area contributed by atoms with Gasteiger partial charge in [0.25, 0.3) is 5.56 Å². The molecule has 4 heterocycles. The predicted octanol–water partition coefficient (Wildman–Crippen LogP) is 3.81. The lowest BCUT2D eigenvalue weighted by Crippen LogP contribution is -2.46. The number of benzene rings is 1. The van der Waals surface area contributed by atoms with Crippen LogP contribution in [0, 0.1) is 6.57 Å². The highest BCUT2D eigenvalue weighted by atomic mass is 35.5. The SMILES string of the molecule is [C-]#[N+]c1cnc(Cl)cc1N1CCN(Cc2ccc3c4c(c(=O)[nH]c3c2)CCCN4)CC1. The van der Waals surface area contributed by atoms with Gasteiger partial charge in [0.1, 0.15) is 5.15 Å². The van der Waals surface area contributed by atoms with Crippen molar-refractivity contribution in [2.45, 2.75) is 19.4 Å². The molecular formula is C23H23ClN6O. The highest BCUT2D eigenvalue weighted by Gasteiger charge is 2.21. The van der Waals surface area contributed by atoms with Gasteiger partial charge in [0, 0.05) is 62.1 Å². The van der Waals surface area contributed by atoms with Crippen molar-refractivity contribution in [1.82, 2.24) is 14.9 Å². The summed E-state index contributed by atoms with van der Waals surface area (Å²) < 4.78 is 0. The summed E-state index contributed by atoms with van der Waals surface area (Å²) in [5.41, 5.74) is 5.36. The van der Waals surface area contributed by atoms with Crippen molar-refractivity contribution in [3.8, 4) is 0 Å². The van der Waals surface area contributed by atoms with Gasteiger partial charge in [0.05, 0.1) is 17.8 Å². The van der Waals surface area contributed by atoms with Gasteiger partial charge in [-0.15, -0.1) is 0 Å². The Kier molecular flexibility index (Phi) is 5.26. The number of piperazine rings is 1. The van der Waals surface area contributed by atoms with Crippen LogP contribution in [-0.4, -0.2) is 47.6 Å². The van der Waals surface area contributed by atoms with Gasteiger partial charge in [-0.1, -0.05) is 23.7 Å². The first-order chi connectivity index (χ1) is 15.1. The molecule has 2 N–H and O–H groups in total.